The van der Waals surface area contributed by atoms with Gasteiger partial charge in [-0.05, 0) is 30.3 Å². The first kappa shape index (κ1) is 15.1. The number of fused-ring (bicyclic) bond motifs is 4. The maximum absolute atomic E-state index is 13.7. The van der Waals surface area contributed by atoms with Crippen molar-refractivity contribution in [2.75, 3.05) is 0 Å². The number of hydrogen-bond donors (Lipinski definition) is 0. The Morgan fingerprint density at radius 3 is 2.54 bits per heavy atom. The van der Waals surface area contributed by atoms with Gasteiger partial charge in [-0.25, -0.2) is 9.78 Å². The van der Waals surface area contributed by atoms with Crippen LogP contribution in [0, 0.1) is 0 Å². The molecule has 24 heavy (non-hydrogen) atoms. The zero-order valence-electron chi connectivity index (χ0n) is 11.8. The molecule has 3 nitrogen and oxygen atoms in total. The Labute approximate surface area is 140 Å². The summed E-state index contributed by atoms with van der Waals surface area (Å²) in [6.07, 6.45) is -4.72. The molecule has 0 saturated heterocycles. The first-order valence-electron chi connectivity index (χ1n) is 6.88. The second-order valence-electron chi connectivity index (χ2n) is 5.26. The largest absolute Gasteiger partial charge is 0.422 e. The van der Waals surface area contributed by atoms with E-state index in [-0.39, 0.29) is 22.0 Å². The Morgan fingerprint density at radius 2 is 1.79 bits per heavy atom. The lowest BCUT2D eigenvalue weighted by molar-refractivity contribution is -0.135. The molecule has 0 N–H and O–H groups in total. The van der Waals surface area contributed by atoms with Gasteiger partial charge in [0.25, 0.3) is 0 Å². The lowest BCUT2D eigenvalue weighted by Gasteiger charge is -2.14. The second kappa shape index (κ2) is 5.04. The molecule has 0 spiro atoms. The van der Waals surface area contributed by atoms with Crippen molar-refractivity contribution in [1.82, 2.24) is 4.98 Å². The molecule has 0 radical (unpaired) electrons. The summed E-state index contributed by atoms with van der Waals surface area (Å²) >= 11 is 3.16. The van der Waals surface area contributed by atoms with Crippen LogP contribution < -0.4 is 5.63 Å². The average Bonchev–Trinajstić information content (AvgIpc) is 2.52. The highest BCUT2D eigenvalue weighted by Gasteiger charge is 2.37. The third-order valence-corrected chi connectivity index (χ3v) is 4.27. The summed E-state index contributed by atoms with van der Waals surface area (Å²) in [7, 11) is 0. The summed E-state index contributed by atoms with van der Waals surface area (Å²) in [5, 5.41) is -0.332. The minimum atomic E-state index is -4.72. The van der Waals surface area contributed by atoms with E-state index in [2.05, 4.69) is 20.9 Å². The van der Waals surface area contributed by atoms with E-state index >= 15 is 0 Å². The normalized spacial score (nSPS) is 12.3. The molecule has 4 rings (SSSR count). The fourth-order valence-electron chi connectivity index (χ4n) is 2.83. The highest BCUT2D eigenvalue weighted by atomic mass is 79.9. The van der Waals surface area contributed by atoms with Crippen molar-refractivity contribution >= 4 is 48.7 Å². The van der Waals surface area contributed by atoms with Gasteiger partial charge in [-0.2, -0.15) is 13.2 Å². The number of hydrogen-bond acceptors (Lipinski definition) is 3. The van der Waals surface area contributed by atoms with Crippen molar-refractivity contribution < 1.29 is 17.6 Å². The van der Waals surface area contributed by atoms with Crippen LogP contribution in [0.1, 0.15) is 5.56 Å². The summed E-state index contributed by atoms with van der Waals surface area (Å²) in [5.41, 5.74) is -1.72. The van der Waals surface area contributed by atoms with Crippen LogP contribution in [0.5, 0.6) is 0 Å². The Bertz CT molecular complexity index is 1180. The topological polar surface area (TPSA) is 43.1 Å². The van der Waals surface area contributed by atoms with Crippen LogP contribution in [-0.4, -0.2) is 4.98 Å². The van der Waals surface area contributed by atoms with Crippen LogP contribution in [0.4, 0.5) is 13.2 Å². The number of pyridine rings is 1. The van der Waals surface area contributed by atoms with E-state index in [0.717, 1.165) is 0 Å². The Morgan fingerprint density at radius 1 is 1.04 bits per heavy atom. The van der Waals surface area contributed by atoms with Crippen LogP contribution in [0.25, 0.3) is 32.8 Å². The Balaban J connectivity index is 2.38. The van der Waals surface area contributed by atoms with E-state index < -0.39 is 22.8 Å². The van der Waals surface area contributed by atoms with Crippen molar-refractivity contribution in [3.63, 3.8) is 0 Å². The monoisotopic (exact) mass is 393 g/mol. The van der Waals surface area contributed by atoms with E-state index in [9.17, 15) is 18.0 Å². The molecule has 0 fully saturated rings. The van der Waals surface area contributed by atoms with Crippen LogP contribution in [0.3, 0.4) is 0 Å². The maximum Gasteiger partial charge on any atom is 0.417 e. The van der Waals surface area contributed by atoms with Crippen LogP contribution >= 0.6 is 15.9 Å². The van der Waals surface area contributed by atoms with Gasteiger partial charge < -0.3 is 4.42 Å². The Hall–Kier alpha value is -2.41. The van der Waals surface area contributed by atoms with E-state index in [1.807, 2.05) is 0 Å². The quantitative estimate of drug-likeness (QED) is 0.232. The van der Waals surface area contributed by atoms with Crippen molar-refractivity contribution in [1.29, 1.82) is 0 Å². The van der Waals surface area contributed by atoms with Crippen molar-refractivity contribution in [2.45, 2.75) is 6.18 Å². The molecule has 2 aromatic carbocycles. The van der Waals surface area contributed by atoms with Crippen molar-refractivity contribution in [3.05, 3.63) is 62.9 Å². The van der Waals surface area contributed by atoms with E-state index in [0.29, 0.717) is 9.86 Å². The summed E-state index contributed by atoms with van der Waals surface area (Å²) in [4.78, 5) is 16.6. The average molecular weight is 394 g/mol. The third kappa shape index (κ3) is 2.19. The van der Waals surface area contributed by atoms with Gasteiger partial charge in [0.1, 0.15) is 5.58 Å². The zero-order chi connectivity index (χ0) is 17.1. The number of benzene rings is 2. The number of rotatable bonds is 0. The molecule has 4 aromatic rings. The molecule has 0 amide bonds. The van der Waals surface area contributed by atoms with E-state index in [1.165, 1.54) is 18.2 Å². The summed E-state index contributed by atoms with van der Waals surface area (Å²) < 4.78 is 46.8. The molecule has 2 aromatic heterocycles. The molecule has 0 atom stereocenters. The predicted molar refractivity (Wildman–Crippen MR) is 88.0 cm³/mol. The summed E-state index contributed by atoms with van der Waals surface area (Å²) in [6, 6.07) is 10.8. The van der Waals surface area contributed by atoms with Gasteiger partial charge >= 0.3 is 11.8 Å². The lowest BCUT2D eigenvalue weighted by Crippen LogP contribution is -2.14. The first-order valence-corrected chi connectivity index (χ1v) is 7.67. The predicted octanol–water partition coefficient (Wildman–Crippen LogP) is 5.28. The van der Waals surface area contributed by atoms with Gasteiger partial charge in [0.15, 0.2) is 0 Å². The Kier molecular flexibility index (Phi) is 3.18. The van der Waals surface area contributed by atoms with Gasteiger partial charge in [0.05, 0.1) is 22.0 Å². The number of nitrogens with zero attached hydrogens (tertiary/aromatic N) is 1. The fourth-order valence-corrected chi connectivity index (χ4v) is 3.19. The first-order chi connectivity index (χ1) is 11.4. The SMILES string of the molecule is O=c1oc2ccccc2c2nc3ccc(Br)cc3c(C(F)(F)F)c12. The molecular weight excluding hydrogens is 387 g/mol. The van der Waals surface area contributed by atoms with Crippen LogP contribution in [0.2, 0.25) is 0 Å². The summed E-state index contributed by atoms with van der Waals surface area (Å²) in [6.45, 7) is 0. The van der Waals surface area contributed by atoms with Gasteiger partial charge in [0.2, 0.25) is 0 Å². The van der Waals surface area contributed by atoms with Crippen LogP contribution in [0.15, 0.2) is 56.1 Å². The molecule has 0 saturated carbocycles. The molecule has 0 aliphatic carbocycles. The van der Waals surface area contributed by atoms with Gasteiger partial charge in [-0.15, -0.1) is 0 Å². The lowest BCUT2D eigenvalue weighted by atomic mass is 10.0. The van der Waals surface area contributed by atoms with Crippen molar-refractivity contribution in [3.8, 4) is 0 Å². The third-order valence-electron chi connectivity index (χ3n) is 3.78. The molecule has 7 heteroatoms. The standard InChI is InChI=1S/C17H7BrF3NO2/c18-8-5-6-11-10(7-8)14(17(19,20)21)13-15(22-11)9-3-1-2-4-12(9)24-16(13)23/h1-7H. The van der Waals surface area contributed by atoms with Gasteiger partial charge in [-0.1, -0.05) is 28.1 Å². The molecule has 0 unspecified atom stereocenters. The smallest absolute Gasteiger partial charge is 0.417 e. The fraction of sp³-hybridized carbons (Fsp3) is 0.0588. The minimum absolute atomic E-state index is 0.0102. The van der Waals surface area contributed by atoms with Crippen LogP contribution in [-0.2, 0) is 6.18 Å². The van der Waals surface area contributed by atoms with E-state index in [1.54, 1.807) is 24.3 Å². The highest BCUT2D eigenvalue weighted by Crippen LogP contribution is 2.40. The van der Waals surface area contributed by atoms with Gasteiger partial charge in [0, 0.05) is 15.2 Å². The molecule has 120 valence electrons. The van der Waals surface area contributed by atoms with E-state index in [4.69, 9.17) is 4.42 Å². The number of alkyl halides is 3. The van der Waals surface area contributed by atoms with Gasteiger partial charge in [-0.3, -0.25) is 0 Å². The summed E-state index contributed by atoms with van der Waals surface area (Å²) in [5.74, 6) is 0. The number of halogens is 4. The highest BCUT2D eigenvalue weighted by molar-refractivity contribution is 9.10. The zero-order valence-corrected chi connectivity index (χ0v) is 13.4. The molecule has 2 heterocycles. The number of para-hydroxylation sites is 1. The maximum atomic E-state index is 13.7. The second-order valence-corrected chi connectivity index (χ2v) is 6.17. The molecule has 0 bridgehead atoms. The minimum Gasteiger partial charge on any atom is -0.422 e. The molecule has 0 aliphatic heterocycles. The molecule has 0 aliphatic rings. The number of aromatic nitrogens is 1. The van der Waals surface area contributed by atoms with Crippen molar-refractivity contribution in [2.24, 2.45) is 0 Å². The molecular formula is C17H7BrF3NO2.